The molecule has 0 saturated carbocycles. The van der Waals surface area contributed by atoms with Gasteiger partial charge in [0.1, 0.15) is 23.2 Å². The van der Waals surface area contributed by atoms with Crippen LogP contribution in [0.15, 0.2) is 22.6 Å². The van der Waals surface area contributed by atoms with Crippen molar-refractivity contribution in [3.05, 3.63) is 52.0 Å². The van der Waals surface area contributed by atoms with Crippen LogP contribution in [0.3, 0.4) is 0 Å². The van der Waals surface area contributed by atoms with Crippen molar-refractivity contribution in [1.82, 2.24) is 0 Å². The number of hydrogen-bond acceptors (Lipinski definition) is 3. The molecule has 1 unspecified atom stereocenters. The smallest absolute Gasteiger partial charge is 0.326 e. The average Bonchev–Trinajstić information content (AvgIpc) is 2.96. The van der Waals surface area contributed by atoms with Crippen LogP contribution < -0.4 is 4.74 Å². The molecule has 0 radical (unpaired) electrons. The first-order valence-corrected chi connectivity index (χ1v) is 8.87. The first-order valence-electron chi connectivity index (χ1n) is 8.87. The summed E-state index contributed by atoms with van der Waals surface area (Å²) in [6.07, 6.45) is 0. The van der Waals surface area contributed by atoms with Gasteiger partial charge in [0.15, 0.2) is 0 Å². The highest BCUT2D eigenvalue weighted by atomic mass is 16.5. The van der Waals surface area contributed by atoms with Crippen LogP contribution in [0, 0.1) is 13.8 Å². The Labute approximate surface area is 150 Å². The summed E-state index contributed by atoms with van der Waals surface area (Å²) < 4.78 is 11.9. The van der Waals surface area contributed by atoms with E-state index in [4.69, 9.17) is 9.15 Å². The van der Waals surface area contributed by atoms with Crippen molar-refractivity contribution in [2.24, 2.45) is 0 Å². The van der Waals surface area contributed by atoms with E-state index < -0.39 is 5.92 Å². The first kappa shape index (κ1) is 17.8. The second kappa shape index (κ2) is 5.48. The highest BCUT2D eigenvalue weighted by Gasteiger charge is 2.41. The lowest BCUT2D eigenvalue weighted by molar-refractivity contribution is -0.133. The van der Waals surface area contributed by atoms with Crippen molar-refractivity contribution in [2.75, 3.05) is 0 Å². The third-order valence-corrected chi connectivity index (χ3v) is 4.78. The van der Waals surface area contributed by atoms with E-state index in [2.05, 4.69) is 60.6 Å². The van der Waals surface area contributed by atoms with E-state index >= 15 is 0 Å². The van der Waals surface area contributed by atoms with E-state index in [1.807, 2.05) is 13.0 Å². The van der Waals surface area contributed by atoms with Crippen LogP contribution >= 0.6 is 0 Å². The van der Waals surface area contributed by atoms with Crippen LogP contribution in [0.25, 0.3) is 0 Å². The molecule has 0 saturated heterocycles. The number of benzene rings is 1. The van der Waals surface area contributed by atoms with Crippen molar-refractivity contribution in [2.45, 2.75) is 72.1 Å². The van der Waals surface area contributed by atoms with Gasteiger partial charge in [0.2, 0.25) is 0 Å². The summed E-state index contributed by atoms with van der Waals surface area (Å²) in [7, 11) is 0. The molecule has 25 heavy (non-hydrogen) atoms. The Morgan fingerprint density at radius 3 is 2.08 bits per heavy atom. The predicted octanol–water partition coefficient (Wildman–Crippen LogP) is 5.54. The molecule has 3 rings (SSSR count). The van der Waals surface area contributed by atoms with Gasteiger partial charge < -0.3 is 9.15 Å². The van der Waals surface area contributed by atoms with Gasteiger partial charge in [0.05, 0.1) is 0 Å². The molecule has 0 fully saturated rings. The van der Waals surface area contributed by atoms with Crippen LogP contribution in [-0.4, -0.2) is 5.97 Å². The zero-order valence-electron chi connectivity index (χ0n) is 16.5. The number of esters is 1. The van der Waals surface area contributed by atoms with Crippen molar-refractivity contribution < 1.29 is 13.9 Å². The summed E-state index contributed by atoms with van der Waals surface area (Å²) in [5.41, 5.74) is 3.93. The average molecular weight is 340 g/mol. The van der Waals surface area contributed by atoms with E-state index in [0.717, 1.165) is 28.0 Å². The molecule has 1 aliphatic heterocycles. The lowest BCUT2D eigenvalue weighted by Gasteiger charge is -2.22. The number of ether oxygens (including phenoxy) is 1. The third kappa shape index (κ3) is 3.01. The van der Waals surface area contributed by atoms with Gasteiger partial charge >= 0.3 is 5.97 Å². The van der Waals surface area contributed by atoms with Gasteiger partial charge in [-0.3, -0.25) is 4.79 Å². The molecule has 2 heterocycles. The number of rotatable bonds is 1. The fourth-order valence-corrected chi connectivity index (χ4v) is 3.37. The van der Waals surface area contributed by atoms with Crippen molar-refractivity contribution in [3.63, 3.8) is 0 Å². The van der Waals surface area contributed by atoms with Gasteiger partial charge in [0, 0.05) is 16.5 Å². The maximum Gasteiger partial charge on any atom is 0.326 e. The van der Waals surface area contributed by atoms with Gasteiger partial charge in [-0.05, 0) is 30.9 Å². The molecule has 0 spiro atoms. The second-order valence-corrected chi connectivity index (χ2v) is 9.24. The van der Waals surface area contributed by atoms with E-state index in [1.54, 1.807) is 0 Å². The van der Waals surface area contributed by atoms with E-state index in [-0.39, 0.29) is 16.8 Å². The summed E-state index contributed by atoms with van der Waals surface area (Å²) in [5.74, 6) is 1.58. The molecule has 1 atom stereocenters. The number of fused-ring (bicyclic) bond motifs is 1. The summed E-state index contributed by atoms with van der Waals surface area (Å²) in [4.78, 5) is 12.8. The molecule has 0 amide bonds. The Morgan fingerprint density at radius 1 is 0.920 bits per heavy atom. The number of aryl methyl sites for hydroxylation is 2. The zero-order valence-corrected chi connectivity index (χ0v) is 16.5. The molecule has 0 N–H and O–H groups in total. The highest BCUT2D eigenvalue weighted by Crippen LogP contribution is 2.47. The van der Waals surface area contributed by atoms with E-state index in [1.165, 1.54) is 0 Å². The Balaban J connectivity index is 2.19. The largest absolute Gasteiger partial charge is 0.464 e. The molecule has 0 aliphatic carbocycles. The lowest BCUT2D eigenvalue weighted by Crippen LogP contribution is -2.14. The third-order valence-electron chi connectivity index (χ3n) is 4.78. The monoisotopic (exact) mass is 340 g/mol. The summed E-state index contributed by atoms with van der Waals surface area (Å²) in [6.45, 7) is 16.8. The molecular formula is C22H28O3. The second-order valence-electron chi connectivity index (χ2n) is 9.24. The molecule has 3 nitrogen and oxygen atoms in total. The molecular weight excluding hydrogens is 312 g/mol. The minimum atomic E-state index is -0.480. The lowest BCUT2D eigenvalue weighted by atomic mass is 9.82. The Morgan fingerprint density at radius 2 is 1.56 bits per heavy atom. The van der Waals surface area contributed by atoms with Crippen LogP contribution in [0.4, 0.5) is 0 Å². The van der Waals surface area contributed by atoms with Gasteiger partial charge in [-0.25, -0.2) is 0 Å². The van der Waals surface area contributed by atoms with Crippen LogP contribution in [0.2, 0.25) is 0 Å². The molecule has 3 heteroatoms. The van der Waals surface area contributed by atoms with Crippen molar-refractivity contribution in [1.29, 1.82) is 0 Å². The number of furan rings is 1. The molecule has 1 aromatic heterocycles. The molecule has 0 bridgehead atoms. The summed E-state index contributed by atoms with van der Waals surface area (Å²) in [5, 5.41) is 0. The fourth-order valence-electron chi connectivity index (χ4n) is 3.37. The Kier molecular flexibility index (Phi) is 3.90. The number of hydrogen-bond donors (Lipinski definition) is 0. The van der Waals surface area contributed by atoms with Crippen LogP contribution in [0.1, 0.15) is 81.2 Å². The maximum absolute atomic E-state index is 12.8. The van der Waals surface area contributed by atoms with Crippen molar-refractivity contribution >= 4 is 5.97 Å². The zero-order chi connectivity index (χ0) is 18.7. The molecule has 134 valence electrons. The SMILES string of the molecule is Cc1cc2c(c(C(C)(C)C)c1)OC(=O)C2c1oc(C(C)(C)C)cc1C. The van der Waals surface area contributed by atoms with Crippen molar-refractivity contribution in [3.8, 4) is 5.75 Å². The van der Waals surface area contributed by atoms with Crippen LogP contribution in [-0.2, 0) is 15.6 Å². The summed E-state index contributed by atoms with van der Waals surface area (Å²) in [6, 6.07) is 6.21. The maximum atomic E-state index is 12.8. The standard InChI is InChI=1S/C22H28O3/c1-12-9-14-17(18-13(2)11-16(24-18)22(6,7)8)20(23)25-19(14)15(10-12)21(3,4)5/h9-11,17H,1-8H3. The molecule has 1 aliphatic rings. The Hall–Kier alpha value is -2.03. The van der Waals surface area contributed by atoms with Gasteiger partial charge in [-0.15, -0.1) is 0 Å². The molecule has 1 aromatic carbocycles. The number of carbonyl (C=O) groups is 1. The van der Waals surface area contributed by atoms with Gasteiger partial charge in [-0.1, -0.05) is 59.2 Å². The Bertz CT molecular complexity index is 841. The van der Waals surface area contributed by atoms with Gasteiger partial charge in [-0.2, -0.15) is 0 Å². The van der Waals surface area contributed by atoms with Crippen LogP contribution in [0.5, 0.6) is 5.75 Å². The minimum absolute atomic E-state index is 0.0972. The fraction of sp³-hybridized carbons (Fsp3) is 0.500. The van der Waals surface area contributed by atoms with E-state index in [0.29, 0.717) is 11.5 Å². The minimum Gasteiger partial charge on any atom is -0.464 e. The quantitative estimate of drug-likeness (QED) is 0.505. The normalized spacial score (nSPS) is 17.6. The number of carbonyl (C=O) groups excluding carboxylic acids is 1. The topological polar surface area (TPSA) is 39.4 Å². The highest BCUT2D eigenvalue weighted by molar-refractivity contribution is 5.90. The first-order chi connectivity index (χ1) is 11.4. The van der Waals surface area contributed by atoms with Gasteiger partial charge in [0.25, 0.3) is 0 Å². The van der Waals surface area contributed by atoms with E-state index in [9.17, 15) is 4.79 Å². The predicted molar refractivity (Wildman–Crippen MR) is 99.5 cm³/mol. The molecule has 2 aromatic rings. The summed E-state index contributed by atoms with van der Waals surface area (Å²) >= 11 is 0.